The maximum absolute atomic E-state index is 13.2. The lowest BCUT2D eigenvalue weighted by molar-refractivity contribution is -0.238. The first-order chi connectivity index (χ1) is 28.6. The molecule has 62 heavy (non-hydrogen) atoms. The molecule has 1 aromatic carbocycles. The predicted octanol–water partition coefficient (Wildman–Crippen LogP) is 8.38. The van der Waals surface area contributed by atoms with E-state index in [2.05, 4.69) is 18.6 Å². The van der Waals surface area contributed by atoms with Gasteiger partial charge < -0.3 is 19.3 Å². The normalized spacial score (nSPS) is 33.7. The van der Waals surface area contributed by atoms with E-state index >= 15 is 0 Å². The van der Waals surface area contributed by atoms with Crippen molar-refractivity contribution in [2.24, 2.45) is 40.9 Å². The van der Waals surface area contributed by atoms with Crippen LogP contribution in [0.25, 0.3) is 0 Å². The highest BCUT2D eigenvalue weighted by atomic mass is 32.2. The van der Waals surface area contributed by atoms with Crippen LogP contribution in [0, 0.1) is 40.9 Å². The molecule has 0 aliphatic heterocycles. The molecular weight excluding hydrogens is 858 g/mol. The van der Waals surface area contributed by atoms with E-state index in [0.29, 0.717) is 56.3 Å². The minimum atomic E-state index is -5.14. The lowest BCUT2D eigenvalue weighted by Gasteiger charge is -2.60. The molecule has 3 N–H and O–H groups in total. The average molecular weight is 923 g/mol. The molecule has 8 unspecified atom stereocenters. The largest absolute Gasteiger partial charge is 0.459 e. The fourth-order valence-electron chi connectivity index (χ4n) is 11.6. The van der Waals surface area contributed by atoms with E-state index < -0.39 is 60.9 Å². The molecule has 13 nitrogen and oxygen atoms in total. The van der Waals surface area contributed by atoms with Crippen LogP contribution in [0.4, 0.5) is 13.2 Å². The quantitative estimate of drug-likeness (QED) is 0.0967. The molecule has 8 saturated carbocycles. The number of halogens is 3. The lowest BCUT2D eigenvalue weighted by Crippen LogP contribution is -2.61. The smallest absolute Gasteiger partial charge is 0.426 e. The van der Waals surface area contributed by atoms with E-state index in [1.165, 1.54) is 18.6 Å². The van der Waals surface area contributed by atoms with Crippen molar-refractivity contribution in [2.45, 2.75) is 178 Å². The van der Waals surface area contributed by atoms with Crippen molar-refractivity contribution in [1.82, 2.24) is 0 Å². The molecule has 0 amide bonds. The number of carbonyl (C=O) groups is 3. The summed E-state index contributed by atoms with van der Waals surface area (Å²) in [6, 6.07) is 6.32. The summed E-state index contributed by atoms with van der Waals surface area (Å²) in [5.74, 6) is -2.09. The second kappa shape index (κ2) is 18.6. The zero-order valence-corrected chi connectivity index (χ0v) is 38.2. The van der Waals surface area contributed by atoms with E-state index in [1.807, 2.05) is 20.8 Å². The van der Waals surface area contributed by atoms with E-state index in [1.54, 1.807) is 19.1 Å². The van der Waals surface area contributed by atoms with Crippen molar-refractivity contribution in [3.8, 4) is 0 Å². The van der Waals surface area contributed by atoms with Gasteiger partial charge in [-0.1, -0.05) is 53.7 Å². The highest BCUT2D eigenvalue weighted by molar-refractivity contribution is 7.86. The molecule has 0 spiro atoms. The number of esters is 3. The number of hydrogen-bond acceptors (Lipinski definition) is 11. The molecule has 0 saturated heterocycles. The van der Waals surface area contributed by atoms with Crippen LogP contribution in [-0.2, 0) is 48.8 Å². The summed E-state index contributed by atoms with van der Waals surface area (Å²) in [5.41, 5.74) is -1.94. The van der Waals surface area contributed by atoms with Crippen LogP contribution in [0.5, 0.6) is 0 Å². The van der Waals surface area contributed by atoms with Gasteiger partial charge in [0.25, 0.3) is 20.2 Å². The molecule has 0 radical (unpaired) electrons. The number of aliphatic hydroxyl groups is 1. The van der Waals surface area contributed by atoms with Gasteiger partial charge in [0.15, 0.2) is 0 Å². The van der Waals surface area contributed by atoms with Gasteiger partial charge >= 0.3 is 24.1 Å². The van der Waals surface area contributed by atoms with Crippen molar-refractivity contribution in [2.75, 3.05) is 5.75 Å². The minimum Gasteiger partial charge on any atom is -0.459 e. The molecule has 1 aromatic rings. The van der Waals surface area contributed by atoms with Crippen LogP contribution < -0.4 is 0 Å². The fourth-order valence-corrected chi connectivity index (χ4v) is 12.7. The molecule has 8 aliphatic carbocycles. The third-order valence-corrected chi connectivity index (χ3v) is 16.0. The molecule has 8 fully saturated rings. The Morgan fingerprint density at radius 2 is 1.15 bits per heavy atom. The van der Waals surface area contributed by atoms with Crippen LogP contribution in [0.1, 0.15) is 149 Å². The van der Waals surface area contributed by atoms with Gasteiger partial charge in [0.05, 0.1) is 27.7 Å². The van der Waals surface area contributed by atoms with Gasteiger partial charge in [-0.25, -0.2) is 0 Å². The summed E-state index contributed by atoms with van der Waals surface area (Å²) in [6.07, 6.45) is 2.68. The Balaban J connectivity index is 0.000000192. The van der Waals surface area contributed by atoms with Gasteiger partial charge in [-0.15, -0.1) is 0 Å². The first-order valence-corrected chi connectivity index (χ1v) is 25.1. The van der Waals surface area contributed by atoms with Crippen LogP contribution in [0.15, 0.2) is 29.2 Å². The van der Waals surface area contributed by atoms with Gasteiger partial charge in [0.2, 0.25) is 6.10 Å². The predicted molar refractivity (Wildman–Crippen MR) is 221 cm³/mol. The fraction of sp³-hybridized carbons (Fsp3) is 0.795. The standard InChI is InChI=1S/C19H27F3O7S.C15H24O3.C10H14O3S/c1-3-11(2)15(23)29-18-7-12-4-13(8-18)6-17(5-12,10-18)16(24)28-14(19(20,21)22)9-30(25,26)27;1-3-10(2)13(16)18-15-7-11-4-12(8-15)6-14(17,5-11)9-15;1-3-8(2)9-4-6-10(7-5-9)14(11,12)13/h11-14H,3-10H2,1-2H3,(H,25,26,27);10-12,17H,3-9H2,1-2H3;4-8H,3H2,1-2H3,(H,11,12,13). The summed E-state index contributed by atoms with van der Waals surface area (Å²) in [5, 5.41) is 10.6. The van der Waals surface area contributed by atoms with Crippen molar-refractivity contribution >= 4 is 38.1 Å². The topological polar surface area (TPSA) is 208 Å². The molecule has 0 aromatic heterocycles. The molecule has 9 rings (SSSR count). The molecule has 0 heterocycles. The minimum absolute atomic E-state index is 0.0207. The van der Waals surface area contributed by atoms with Crippen molar-refractivity contribution in [3.05, 3.63) is 29.8 Å². The van der Waals surface area contributed by atoms with Crippen molar-refractivity contribution in [3.63, 3.8) is 0 Å². The molecule has 8 bridgehead atoms. The van der Waals surface area contributed by atoms with Crippen LogP contribution in [-0.4, -0.2) is 83.8 Å². The highest BCUT2D eigenvalue weighted by Crippen LogP contribution is 2.64. The number of ether oxygens (including phenoxy) is 3. The summed E-state index contributed by atoms with van der Waals surface area (Å²) in [4.78, 5) is 37.3. The van der Waals surface area contributed by atoms with Gasteiger partial charge in [0, 0.05) is 12.8 Å². The summed E-state index contributed by atoms with van der Waals surface area (Å²) in [6.45, 7) is 11.7. The van der Waals surface area contributed by atoms with Crippen LogP contribution in [0.2, 0.25) is 0 Å². The third kappa shape index (κ3) is 12.1. The Hall–Kier alpha value is -2.80. The van der Waals surface area contributed by atoms with Crippen LogP contribution >= 0.6 is 0 Å². The maximum Gasteiger partial charge on any atom is 0.426 e. The number of carbonyl (C=O) groups excluding carboxylic acids is 3. The Kier molecular flexibility index (Phi) is 15.1. The molecule has 8 aliphatic rings. The zero-order chi connectivity index (χ0) is 46.3. The zero-order valence-electron chi connectivity index (χ0n) is 36.6. The second-order valence-corrected chi connectivity index (χ2v) is 22.7. The number of alkyl halides is 3. The maximum atomic E-state index is 13.2. The summed E-state index contributed by atoms with van der Waals surface area (Å²) in [7, 11) is -9.07. The van der Waals surface area contributed by atoms with Gasteiger partial charge in [-0.2, -0.15) is 30.0 Å². The van der Waals surface area contributed by atoms with E-state index in [-0.39, 0.29) is 52.5 Å². The van der Waals surface area contributed by atoms with Crippen molar-refractivity contribution in [1.29, 1.82) is 0 Å². The first-order valence-electron chi connectivity index (χ1n) is 22.0. The highest BCUT2D eigenvalue weighted by Gasteiger charge is 2.64. The van der Waals surface area contributed by atoms with E-state index in [9.17, 15) is 49.5 Å². The molecule has 8 atom stereocenters. The molecule has 352 valence electrons. The Bertz CT molecular complexity index is 1970. The summed E-state index contributed by atoms with van der Waals surface area (Å²) >= 11 is 0. The van der Waals surface area contributed by atoms with E-state index in [0.717, 1.165) is 50.5 Å². The second-order valence-electron chi connectivity index (χ2n) is 19.8. The van der Waals surface area contributed by atoms with Gasteiger partial charge in [-0.05, 0) is 131 Å². The number of hydrogen-bond donors (Lipinski definition) is 3. The Morgan fingerprint density at radius 1 is 0.710 bits per heavy atom. The number of benzene rings is 1. The third-order valence-electron chi connectivity index (χ3n) is 14.4. The molecular formula is C44H65F3O13S2. The number of rotatable bonds is 13. The average Bonchev–Trinajstić information content (AvgIpc) is 3.14. The van der Waals surface area contributed by atoms with Gasteiger partial charge in [0.1, 0.15) is 17.0 Å². The van der Waals surface area contributed by atoms with Crippen molar-refractivity contribution < 1.29 is 72.8 Å². The SMILES string of the molecule is CCC(C)C(=O)OC12CC3CC(C1)CC(C(=O)OC(CS(=O)(=O)O)C(F)(F)F)(C3)C2.CCC(C)C(=O)OC12CC3CC(CC(O)(C3)C1)C2.CCC(C)c1ccc(S(=O)(=O)O)cc1. The Labute approximate surface area is 364 Å². The molecule has 18 heteroatoms. The first kappa shape index (κ1) is 50.2. The van der Waals surface area contributed by atoms with E-state index in [4.69, 9.17) is 18.6 Å². The monoisotopic (exact) mass is 922 g/mol. The van der Waals surface area contributed by atoms with Crippen LogP contribution in [0.3, 0.4) is 0 Å². The lowest BCUT2D eigenvalue weighted by atomic mass is 9.48. The summed E-state index contributed by atoms with van der Waals surface area (Å²) < 4.78 is 117. The van der Waals surface area contributed by atoms with Gasteiger partial charge in [-0.3, -0.25) is 23.5 Å². The Morgan fingerprint density at radius 3 is 1.52 bits per heavy atom.